The molecule has 3 atom stereocenters. The molecule has 0 aromatic rings. The zero-order chi connectivity index (χ0) is 13.5. The van der Waals surface area contributed by atoms with E-state index in [0.717, 1.165) is 19.5 Å². The second kappa shape index (κ2) is 7.74. The monoisotopic (exact) mass is 255 g/mol. The molecular formula is C14H29N3O. The summed E-state index contributed by atoms with van der Waals surface area (Å²) in [7, 11) is 1.72. The van der Waals surface area contributed by atoms with Gasteiger partial charge in [-0.3, -0.25) is 9.69 Å². The molecular weight excluding hydrogens is 226 g/mol. The van der Waals surface area contributed by atoms with Crippen LogP contribution in [0.25, 0.3) is 0 Å². The summed E-state index contributed by atoms with van der Waals surface area (Å²) < 4.78 is 0. The van der Waals surface area contributed by atoms with E-state index in [-0.39, 0.29) is 11.9 Å². The number of carbonyl (C=O) groups is 1. The van der Waals surface area contributed by atoms with E-state index in [1.165, 1.54) is 19.3 Å². The fourth-order valence-electron chi connectivity index (χ4n) is 2.87. The highest BCUT2D eigenvalue weighted by Gasteiger charge is 2.32. The first-order chi connectivity index (χ1) is 8.61. The van der Waals surface area contributed by atoms with Gasteiger partial charge in [-0.15, -0.1) is 0 Å². The average Bonchev–Trinajstić information content (AvgIpc) is 2.43. The van der Waals surface area contributed by atoms with Gasteiger partial charge >= 0.3 is 0 Å². The quantitative estimate of drug-likeness (QED) is 0.753. The lowest BCUT2D eigenvalue weighted by Gasteiger charge is -2.42. The van der Waals surface area contributed by atoms with E-state index in [9.17, 15) is 4.79 Å². The highest BCUT2D eigenvalue weighted by molar-refractivity contribution is 5.81. The zero-order valence-electron chi connectivity index (χ0n) is 12.3. The summed E-state index contributed by atoms with van der Waals surface area (Å²) in [5.41, 5.74) is 0. The minimum atomic E-state index is -0.0221. The maximum absolute atomic E-state index is 11.8. The standard InChI is InChI=1S/C14H29N3O/c1-5-9-16-11(2)13-8-6-7-10-17(13)12(3)14(18)15-4/h11-13,16H,5-10H2,1-4H3,(H,15,18). The Morgan fingerprint density at radius 1 is 1.39 bits per heavy atom. The Morgan fingerprint density at radius 3 is 2.72 bits per heavy atom. The van der Waals surface area contributed by atoms with E-state index in [1.807, 2.05) is 6.92 Å². The van der Waals surface area contributed by atoms with Crippen molar-refractivity contribution < 1.29 is 4.79 Å². The van der Waals surface area contributed by atoms with Crippen LogP contribution >= 0.6 is 0 Å². The number of carbonyl (C=O) groups excluding carboxylic acids is 1. The maximum Gasteiger partial charge on any atom is 0.236 e. The predicted molar refractivity (Wildman–Crippen MR) is 75.6 cm³/mol. The molecule has 1 amide bonds. The van der Waals surface area contributed by atoms with Gasteiger partial charge in [0.05, 0.1) is 6.04 Å². The molecule has 18 heavy (non-hydrogen) atoms. The summed E-state index contributed by atoms with van der Waals surface area (Å²) in [5.74, 6) is 0.129. The molecule has 1 saturated heterocycles. The number of likely N-dealkylation sites (N-methyl/N-ethyl adjacent to an activating group) is 1. The zero-order valence-corrected chi connectivity index (χ0v) is 12.3. The van der Waals surface area contributed by atoms with Gasteiger partial charge in [0.2, 0.25) is 5.91 Å². The van der Waals surface area contributed by atoms with Gasteiger partial charge in [-0.05, 0) is 46.2 Å². The van der Waals surface area contributed by atoms with Crippen LogP contribution in [0.2, 0.25) is 0 Å². The highest BCUT2D eigenvalue weighted by Crippen LogP contribution is 2.22. The van der Waals surface area contributed by atoms with E-state index in [0.29, 0.717) is 12.1 Å². The van der Waals surface area contributed by atoms with Gasteiger partial charge in [0, 0.05) is 19.1 Å². The van der Waals surface area contributed by atoms with E-state index in [1.54, 1.807) is 7.05 Å². The number of piperidine rings is 1. The summed E-state index contributed by atoms with van der Waals surface area (Å²) in [6.07, 6.45) is 4.83. The van der Waals surface area contributed by atoms with Crippen molar-refractivity contribution in [2.45, 2.75) is 64.6 Å². The molecule has 1 fully saturated rings. The van der Waals surface area contributed by atoms with Crippen LogP contribution in [-0.4, -0.2) is 49.1 Å². The molecule has 1 aliphatic rings. The molecule has 0 saturated carbocycles. The first-order valence-corrected chi connectivity index (χ1v) is 7.32. The van der Waals surface area contributed by atoms with Crippen LogP contribution < -0.4 is 10.6 Å². The van der Waals surface area contributed by atoms with Gasteiger partial charge in [0.1, 0.15) is 0 Å². The smallest absolute Gasteiger partial charge is 0.236 e. The van der Waals surface area contributed by atoms with Crippen molar-refractivity contribution in [3.8, 4) is 0 Å². The van der Waals surface area contributed by atoms with Crippen LogP contribution in [0, 0.1) is 0 Å². The Hall–Kier alpha value is -0.610. The molecule has 0 aromatic heterocycles. The SMILES string of the molecule is CCCNC(C)C1CCCCN1C(C)C(=O)NC. The minimum absolute atomic E-state index is 0.0221. The first-order valence-electron chi connectivity index (χ1n) is 7.32. The van der Waals surface area contributed by atoms with Gasteiger partial charge < -0.3 is 10.6 Å². The van der Waals surface area contributed by atoms with Crippen molar-refractivity contribution in [1.29, 1.82) is 0 Å². The third-order valence-corrected chi connectivity index (χ3v) is 4.01. The fraction of sp³-hybridized carbons (Fsp3) is 0.929. The third kappa shape index (κ3) is 3.95. The molecule has 0 spiro atoms. The topological polar surface area (TPSA) is 44.4 Å². The molecule has 0 aliphatic carbocycles. The van der Waals surface area contributed by atoms with Gasteiger partial charge in [-0.2, -0.15) is 0 Å². The number of likely N-dealkylation sites (tertiary alicyclic amines) is 1. The predicted octanol–water partition coefficient (Wildman–Crippen LogP) is 1.36. The molecule has 0 radical (unpaired) electrons. The minimum Gasteiger partial charge on any atom is -0.358 e. The summed E-state index contributed by atoms with van der Waals surface area (Å²) in [6, 6.07) is 0.918. The molecule has 106 valence electrons. The fourth-order valence-corrected chi connectivity index (χ4v) is 2.87. The van der Waals surface area contributed by atoms with Crippen LogP contribution in [0.3, 0.4) is 0 Å². The number of nitrogens with zero attached hydrogens (tertiary/aromatic N) is 1. The van der Waals surface area contributed by atoms with Crippen LogP contribution in [0.4, 0.5) is 0 Å². The Morgan fingerprint density at radius 2 is 2.11 bits per heavy atom. The van der Waals surface area contributed by atoms with Crippen LogP contribution in [0.15, 0.2) is 0 Å². The van der Waals surface area contributed by atoms with E-state index in [2.05, 4.69) is 29.4 Å². The number of amides is 1. The van der Waals surface area contributed by atoms with Gasteiger partial charge in [-0.1, -0.05) is 13.3 Å². The molecule has 3 unspecified atom stereocenters. The molecule has 0 bridgehead atoms. The molecule has 0 aromatic carbocycles. The second-order valence-corrected chi connectivity index (χ2v) is 5.33. The lowest BCUT2D eigenvalue weighted by atomic mass is 9.94. The molecule has 1 rings (SSSR count). The van der Waals surface area contributed by atoms with Gasteiger partial charge in [-0.25, -0.2) is 0 Å². The summed E-state index contributed by atoms with van der Waals surface area (Å²) in [5, 5.41) is 6.33. The van der Waals surface area contributed by atoms with Crippen LogP contribution in [-0.2, 0) is 4.79 Å². The number of nitrogens with one attached hydrogen (secondary N) is 2. The van der Waals surface area contributed by atoms with Crippen molar-refractivity contribution in [2.24, 2.45) is 0 Å². The highest BCUT2D eigenvalue weighted by atomic mass is 16.2. The van der Waals surface area contributed by atoms with Crippen molar-refractivity contribution in [3.05, 3.63) is 0 Å². The number of rotatable bonds is 6. The van der Waals surface area contributed by atoms with Crippen LogP contribution in [0.1, 0.15) is 46.5 Å². The summed E-state index contributed by atoms with van der Waals surface area (Å²) in [4.78, 5) is 14.2. The molecule has 1 aliphatic heterocycles. The van der Waals surface area contributed by atoms with Crippen molar-refractivity contribution in [2.75, 3.05) is 20.1 Å². The number of hydrogen-bond acceptors (Lipinski definition) is 3. The summed E-state index contributed by atoms with van der Waals surface area (Å²) in [6.45, 7) is 8.54. The molecule has 4 heteroatoms. The first kappa shape index (κ1) is 15.4. The van der Waals surface area contributed by atoms with Gasteiger partial charge in [0.25, 0.3) is 0 Å². The van der Waals surface area contributed by atoms with E-state index >= 15 is 0 Å². The average molecular weight is 255 g/mol. The molecule has 4 nitrogen and oxygen atoms in total. The van der Waals surface area contributed by atoms with E-state index < -0.39 is 0 Å². The Balaban J connectivity index is 2.63. The summed E-state index contributed by atoms with van der Waals surface area (Å²) >= 11 is 0. The van der Waals surface area contributed by atoms with Crippen molar-refractivity contribution in [1.82, 2.24) is 15.5 Å². The lowest BCUT2D eigenvalue weighted by Crippen LogP contribution is -2.57. The van der Waals surface area contributed by atoms with Gasteiger partial charge in [0.15, 0.2) is 0 Å². The Bertz CT molecular complexity index is 257. The van der Waals surface area contributed by atoms with Crippen molar-refractivity contribution >= 4 is 5.91 Å². The normalized spacial score (nSPS) is 24.6. The maximum atomic E-state index is 11.8. The molecule has 1 heterocycles. The second-order valence-electron chi connectivity index (χ2n) is 5.33. The Labute approximate surface area is 111 Å². The number of hydrogen-bond donors (Lipinski definition) is 2. The third-order valence-electron chi connectivity index (χ3n) is 4.01. The molecule has 2 N–H and O–H groups in total. The van der Waals surface area contributed by atoms with E-state index in [4.69, 9.17) is 0 Å². The lowest BCUT2D eigenvalue weighted by molar-refractivity contribution is -0.127. The van der Waals surface area contributed by atoms with Crippen molar-refractivity contribution in [3.63, 3.8) is 0 Å². The van der Waals surface area contributed by atoms with Crippen LogP contribution in [0.5, 0.6) is 0 Å². The largest absolute Gasteiger partial charge is 0.358 e. The Kier molecular flexibility index (Phi) is 6.65.